The number of benzene rings is 2. The number of anilines is 1. The van der Waals surface area contributed by atoms with Crippen molar-refractivity contribution in [3.63, 3.8) is 0 Å². The van der Waals surface area contributed by atoms with Gasteiger partial charge in [-0.25, -0.2) is 0 Å². The SMILES string of the molecule is CNCC(Cc1ccc(N)c(O)c1)N(C)C.O=CCCc1ccccc1. The summed E-state index contributed by atoms with van der Waals surface area (Å²) in [4.78, 5) is 12.1. The van der Waals surface area contributed by atoms with Gasteiger partial charge in [0.15, 0.2) is 0 Å². The lowest BCUT2D eigenvalue weighted by Gasteiger charge is -2.24. The number of aromatic hydroxyl groups is 1. The molecule has 0 heterocycles. The van der Waals surface area contributed by atoms with Crippen molar-refractivity contribution in [2.45, 2.75) is 25.3 Å². The first-order chi connectivity index (χ1) is 12.5. The predicted molar refractivity (Wildman–Crippen MR) is 108 cm³/mol. The molecule has 2 aromatic rings. The van der Waals surface area contributed by atoms with E-state index in [1.54, 1.807) is 12.1 Å². The Morgan fingerprint density at radius 2 is 1.85 bits per heavy atom. The Balaban J connectivity index is 0.000000289. The number of phenols is 1. The van der Waals surface area contributed by atoms with Crippen LogP contribution in [0.1, 0.15) is 17.5 Å². The van der Waals surface area contributed by atoms with E-state index in [-0.39, 0.29) is 5.75 Å². The van der Waals surface area contributed by atoms with Crippen molar-refractivity contribution >= 4 is 12.0 Å². The Kier molecular flexibility index (Phi) is 10.1. The average molecular weight is 357 g/mol. The van der Waals surface area contributed by atoms with Gasteiger partial charge in [-0.2, -0.15) is 0 Å². The number of nitrogens with one attached hydrogen (secondary N) is 1. The Hall–Kier alpha value is -2.37. The maximum Gasteiger partial charge on any atom is 0.138 e. The standard InChI is InChI=1S/C12H21N3O.C9H10O/c1-14-8-10(15(2)3)6-9-4-5-11(13)12(16)7-9;10-8-4-7-9-5-2-1-3-6-9/h4-5,7,10,14,16H,6,8,13H2,1-3H3;1-3,5-6,8H,4,7H2. The minimum atomic E-state index is 0.166. The molecule has 0 saturated heterocycles. The van der Waals surface area contributed by atoms with Crippen LogP contribution in [0.25, 0.3) is 0 Å². The topological polar surface area (TPSA) is 78.6 Å². The molecule has 5 heteroatoms. The van der Waals surface area contributed by atoms with E-state index in [9.17, 15) is 9.90 Å². The monoisotopic (exact) mass is 357 g/mol. The Morgan fingerprint density at radius 3 is 2.38 bits per heavy atom. The van der Waals surface area contributed by atoms with Crippen LogP contribution in [0.5, 0.6) is 5.75 Å². The molecule has 1 unspecified atom stereocenters. The van der Waals surface area contributed by atoms with Gasteiger partial charge in [-0.1, -0.05) is 36.4 Å². The third-order valence-corrected chi connectivity index (χ3v) is 4.13. The zero-order chi connectivity index (χ0) is 19.4. The van der Waals surface area contributed by atoms with E-state index < -0.39 is 0 Å². The van der Waals surface area contributed by atoms with Crippen molar-refractivity contribution in [3.05, 3.63) is 59.7 Å². The van der Waals surface area contributed by atoms with E-state index >= 15 is 0 Å². The molecule has 0 amide bonds. The Morgan fingerprint density at radius 1 is 1.15 bits per heavy atom. The van der Waals surface area contributed by atoms with Crippen LogP contribution in [0.2, 0.25) is 0 Å². The number of carbonyl (C=O) groups is 1. The number of nitrogens with zero attached hydrogens (tertiary/aromatic N) is 1. The lowest BCUT2D eigenvalue weighted by atomic mass is 10.0. The van der Waals surface area contributed by atoms with E-state index in [0.717, 1.165) is 31.2 Å². The van der Waals surface area contributed by atoms with Gasteiger partial charge >= 0.3 is 0 Å². The molecule has 0 aromatic heterocycles. The Bertz CT molecular complexity index is 645. The smallest absolute Gasteiger partial charge is 0.138 e. The number of phenolic OH excluding ortho intramolecular Hbond substituents is 1. The number of hydrogen-bond acceptors (Lipinski definition) is 5. The molecule has 142 valence electrons. The second-order valence-electron chi connectivity index (χ2n) is 6.46. The maximum atomic E-state index is 9.98. The number of nitrogens with two attached hydrogens (primary N) is 1. The number of aryl methyl sites for hydroxylation is 1. The minimum Gasteiger partial charge on any atom is -0.506 e. The fraction of sp³-hybridized carbons (Fsp3) is 0.381. The molecule has 0 aliphatic carbocycles. The fourth-order valence-corrected chi connectivity index (χ4v) is 2.53. The van der Waals surface area contributed by atoms with Gasteiger partial charge in [0.1, 0.15) is 12.0 Å². The highest BCUT2D eigenvalue weighted by Crippen LogP contribution is 2.21. The lowest BCUT2D eigenvalue weighted by Crippen LogP contribution is -2.38. The van der Waals surface area contributed by atoms with Crippen LogP contribution >= 0.6 is 0 Å². The van der Waals surface area contributed by atoms with Gasteiger partial charge in [0.25, 0.3) is 0 Å². The summed E-state index contributed by atoms with van der Waals surface area (Å²) in [6.45, 7) is 0.915. The van der Waals surface area contributed by atoms with Gasteiger partial charge in [-0.15, -0.1) is 0 Å². The minimum absolute atomic E-state index is 0.166. The average Bonchev–Trinajstić information content (AvgIpc) is 2.64. The normalized spacial score (nSPS) is 11.5. The van der Waals surface area contributed by atoms with Crippen LogP contribution in [-0.2, 0) is 17.6 Å². The summed E-state index contributed by atoms with van der Waals surface area (Å²) < 4.78 is 0. The zero-order valence-corrected chi connectivity index (χ0v) is 16.0. The molecule has 0 fully saturated rings. The summed E-state index contributed by atoms with van der Waals surface area (Å²) in [5.74, 6) is 0.166. The highest BCUT2D eigenvalue weighted by atomic mass is 16.3. The van der Waals surface area contributed by atoms with Crippen molar-refractivity contribution < 1.29 is 9.90 Å². The molecular formula is C21H31N3O2. The van der Waals surface area contributed by atoms with E-state index in [0.29, 0.717) is 18.2 Å². The molecule has 26 heavy (non-hydrogen) atoms. The third kappa shape index (κ3) is 8.14. The molecule has 0 aliphatic rings. The summed E-state index contributed by atoms with van der Waals surface area (Å²) in [6, 6.07) is 15.9. The molecule has 2 rings (SSSR count). The Labute approximate surface area is 156 Å². The molecule has 4 N–H and O–H groups in total. The summed E-state index contributed by atoms with van der Waals surface area (Å²) in [5.41, 5.74) is 8.32. The van der Waals surface area contributed by atoms with Crippen LogP contribution in [0, 0.1) is 0 Å². The molecule has 0 aliphatic heterocycles. The predicted octanol–water partition coefficient (Wildman–Crippen LogP) is 2.48. The highest BCUT2D eigenvalue weighted by molar-refractivity contribution is 5.53. The van der Waals surface area contributed by atoms with Gasteiger partial charge in [0, 0.05) is 19.0 Å². The largest absolute Gasteiger partial charge is 0.506 e. The van der Waals surface area contributed by atoms with Crippen LogP contribution in [-0.4, -0.2) is 50.0 Å². The van der Waals surface area contributed by atoms with E-state index in [2.05, 4.69) is 24.3 Å². The number of likely N-dealkylation sites (N-methyl/N-ethyl adjacent to an activating group) is 2. The number of carbonyl (C=O) groups excluding carboxylic acids is 1. The number of rotatable bonds is 8. The summed E-state index contributed by atoms with van der Waals surface area (Å²) in [7, 11) is 6.05. The van der Waals surface area contributed by atoms with E-state index in [4.69, 9.17) is 5.73 Å². The van der Waals surface area contributed by atoms with Gasteiger partial charge < -0.3 is 25.9 Å². The van der Waals surface area contributed by atoms with Gasteiger partial charge in [-0.05, 0) is 57.2 Å². The van der Waals surface area contributed by atoms with Crippen molar-refractivity contribution in [1.82, 2.24) is 10.2 Å². The quantitative estimate of drug-likeness (QED) is 0.384. The third-order valence-electron chi connectivity index (χ3n) is 4.13. The van der Waals surface area contributed by atoms with Crippen LogP contribution in [0.4, 0.5) is 5.69 Å². The van der Waals surface area contributed by atoms with Gasteiger partial charge in [0.05, 0.1) is 5.69 Å². The summed E-state index contributed by atoms with van der Waals surface area (Å²) in [6.07, 6.45) is 3.34. The number of aldehydes is 1. The number of hydrogen-bond donors (Lipinski definition) is 3. The first-order valence-corrected chi connectivity index (χ1v) is 8.83. The van der Waals surface area contributed by atoms with Crippen molar-refractivity contribution in [2.75, 3.05) is 33.4 Å². The van der Waals surface area contributed by atoms with Crippen LogP contribution in [0.3, 0.4) is 0 Å². The molecule has 0 saturated carbocycles. The maximum absolute atomic E-state index is 9.98. The zero-order valence-electron chi connectivity index (χ0n) is 16.0. The number of nitrogen functional groups attached to an aromatic ring is 1. The van der Waals surface area contributed by atoms with Crippen molar-refractivity contribution in [2.24, 2.45) is 0 Å². The lowest BCUT2D eigenvalue weighted by molar-refractivity contribution is -0.107. The molecule has 2 aromatic carbocycles. The summed E-state index contributed by atoms with van der Waals surface area (Å²) in [5, 5.41) is 12.7. The molecule has 0 spiro atoms. The molecule has 5 nitrogen and oxygen atoms in total. The second kappa shape index (κ2) is 12.1. The van der Waals surface area contributed by atoms with E-state index in [1.807, 2.05) is 43.4 Å². The van der Waals surface area contributed by atoms with Crippen LogP contribution < -0.4 is 11.1 Å². The first kappa shape index (κ1) is 21.7. The second-order valence-corrected chi connectivity index (χ2v) is 6.46. The van der Waals surface area contributed by atoms with Crippen LogP contribution in [0.15, 0.2) is 48.5 Å². The summed E-state index contributed by atoms with van der Waals surface area (Å²) >= 11 is 0. The molecular weight excluding hydrogens is 326 g/mol. The van der Waals surface area contributed by atoms with E-state index in [1.165, 1.54) is 5.56 Å². The van der Waals surface area contributed by atoms with Crippen molar-refractivity contribution in [1.29, 1.82) is 0 Å². The molecule has 0 radical (unpaired) electrons. The van der Waals surface area contributed by atoms with Gasteiger partial charge in [0.2, 0.25) is 0 Å². The highest BCUT2D eigenvalue weighted by Gasteiger charge is 2.11. The first-order valence-electron chi connectivity index (χ1n) is 8.83. The van der Waals surface area contributed by atoms with Gasteiger partial charge in [-0.3, -0.25) is 0 Å². The molecule has 0 bridgehead atoms. The fourth-order valence-electron chi connectivity index (χ4n) is 2.53. The van der Waals surface area contributed by atoms with Crippen molar-refractivity contribution in [3.8, 4) is 5.75 Å². The molecule has 1 atom stereocenters.